The van der Waals surface area contributed by atoms with E-state index in [1.165, 1.54) is 6.07 Å². The van der Waals surface area contributed by atoms with E-state index in [9.17, 15) is 14.9 Å². The van der Waals surface area contributed by atoms with Crippen LogP contribution in [0.3, 0.4) is 0 Å². The number of amides is 1. The summed E-state index contributed by atoms with van der Waals surface area (Å²) in [7, 11) is 0. The topological polar surface area (TPSA) is 98.3 Å². The van der Waals surface area contributed by atoms with Crippen molar-refractivity contribution in [1.29, 1.82) is 0 Å². The number of nitrogens with two attached hydrogens (primary N) is 1. The van der Waals surface area contributed by atoms with Gasteiger partial charge in [0.1, 0.15) is 0 Å². The van der Waals surface area contributed by atoms with Gasteiger partial charge in [-0.05, 0) is 51.1 Å². The Morgan fingerprint density at radius 1 is 1.38 bits per heavy atom. The maximum Gasteiger partial charge on any atom is 0.274 e. The highest BCUT2D eigenvalue weighted by atomic mass is 16.6. The largest absolute Gasteiger partial charge is 0.330 e. The van der Waals surface area contributed by atoms with Crippen LogP contribution in [0.25, 0.3) is 0 Å². The zero-order chi connectivity index (χ0) is 15.4. The van der Waals surface area contributed by atoms with Crippen molar-refractivity contribution in [2.75, 3.05) is 11.9 Å². The average molecular weight is 291 g/mol. The molecule has 0 aliphatic heterocycles. The van der Waals surface area contributed by atoms with E-state index < -0.39 is 4.92 Å². The molecule has 21 heavy (non-hydrogen) atoms. The summed E-state index contributed by atoms with van der Waals surface area (Å²) in [5.41, 5.74) is 6.74. The normalized spacial score (nSPS) is 21.8. The number of nitrogens with one attached hydrogen (secondary N) is 1. The van der Waals surface area contributed by atoms with Crippen LogP contribution in [0.5, 0.6) is 0 Å². The maximum absolute atomic E-state index is 12.2. The zero-order valence-corrected chi connectivity index (χ0v) is 12.2. The monoisotopic (exact) mass is 291 g/mol. The lowest BCUT2D eigenvalue weighted by molar-refractivity contribution is -0.385. The van der Waals surface area contributed by atoms with Crippen molar-refractivity contribution >= 4 is 17.3 Å². The summed E-state index contributed by atoms with van der Waals surface area (Å²) in [6.45, 7) is 2.36. The van der Waals surface area contributed by atoms with Crippen LogP contribution in [-0.4, -0.2) is 17.4 Å². The van der Waals surface area contributed by atoms with Crippen LogP contribution in [0.4, 0.5) is 11.4 Å². The predicted molar refractivity (Wildman–Crippen MR) is 81.0 cm³/mol. The van der Waals surface area contributed by atoms with Crippen LogP contribution in [0.15, 0.2) is 18.2 Å². The van der Waals surface area contributed by atoms with Gasteiger partial charge in [-0.15, -0.1) is 0 Å². The second-order valence-corrected chi connectivity index (χ2v) is 5.70. The Morgan fingerprint density at radius 2 is 2.05 bits per heavy atom. The Hall–Kier alpha value is -1.95. The molecule has 0 atom stereocenters. The highest BCUT2D eigenvalue weighted by molar-refractivity contribution is 5.93. The smallest absolute Gasteiger partial charge is 0.274 e. The number of carbonyl (C=O) groups excluding carboxylic acids is 1. The van der Waals surface area contributed by atoms with Gasteiger partial charge in [0.2, 0.25) is 5.91 Å². The van der Waals surface area contributed by atoms with Crippen molar-refractivity contribution in [2.24, 2.45) is 17.6 Å². The molecule has 1 amide bonds. The van der Waals surface area contributed by atoms with E-state index in [2.05, 4.69) is 5.32 Å². The number of benzene rings is 1. The van der Waals surface area contributed by atoms with E-state index in [-0.39, 0.29) is 17.5 Å². The van der Waals surface area contributed by atoms with Crippen LogP contribution in [0.2, 0.25) is 0 Å². The van der Waals surface area contributed by atoms with Crippen LogP contribution in [0, 0.1) is 28.9 Å². The van der Waals surface area contributed by atoms with E-state index >= 15 is 0 Å². The molecule has 114 valence electrons. The lowest BCUT2D eigenvalue weighted by Gasteiger charge is -2.26. The first-order valence-corrected chi connectivity index (χ1v) is 7.27. The molecule has 6 nitrogen and oxygen atoms in total. The molecule has 0 unspecified atom stereocenters. The van der Waals surface area contributed by atoms with E-state index in [1.807, 2.05) is 0 Å². The van der Waals surface area contributed by atoms with Gasteiger partial charge in [0.25, 0.3) is 5.69 Å². The molecule has 1 saturated carbocycles. The number of rotatable bonds is 4. The molecule has 2 rings (SSSR count). The number of aryl methyl sites for hydroxylation is 1. The Balaban J connectivity index is 2.00. The predicted octanol–water partition coefficient (Wildman–Crippen LogP) is 2.61. The van der Waals surface area contributed by atoms with Gasteiger partial charge in [-0.3, -0.25) is 14.9 Å². The van der Waals surface area contributed by atoms with Gasteiger partial charge in [-0.1, -0.05) is 6.07 Å². The molecule has 0 bridgehead atoms. The number of carbonyl (C=O) groups is 1. The van der Waals surface area contributed by atoms with Gasteiger partial charge >= 0.3 is 0 Å². The number of nitro benzene ring substituents is 1. The maximum atomic E-state index is 12.2. The van der Waals surface area contributed by atoms with Crippen molar-refractivity contribution in [3.8, 4) is 0 Å². The Labute approximate surface area is 123 Å². The lowest BCUT2D eigenvalue weighted by Crippen LogP contribution is -2.29. The van der Waals surface area contributed by atoms with Gasteiger partial charge in [0.15, 0.2) is 0 Å². The fourth-order valence-electron chi connectivity index (χ4n) is 2.79. The van der Waals surface area contributed by atoms with Crippen LogP contribution < -0.4 is 11.1 Å². The first-order chi connectivity index (χ1) is 10.0. The molecule has 1 aliphatic rings. The molecular formula is C15H21N3O3. The van der Waals surface area contributed by atoms with Gasteiger partial charge in [-0.2, -0.15) is 0 Å². The summed E-state index contributed by atoms with van der Waals surface area (Å²) in [5.74, 6) is 0.450. The molecule has 3 N–H and O–H groups in total. The minimum absolute atomic E-state index is 0.0202. The van der Waals surface area contributed by atoms with Crippen molar-refractivity contribution in [3.63, 3.8) is 0 Å². The van der Waals surface area contributed by atoms with Crippen molar-refractivity contribution in [1.82, 2.24) is 0 Å². The zero-order valence-electron chi connectivity index (χ0n) is 12.2. The number of anilines is 1. The molecule has 0 saturated heterocycles. The summed E-state index contributed by atoms with van der Waals surface area (Å²) in [6, 6.07) is 4.77. The minimum atomic E-state index is -0.433. The summed E-state index contributed by atoms with van der Waals surface area (Å²) in [5, 5.41) is 13.7. The molecule has 0 radical (unpaired) electrons. The molecule has 1 fully saturated rings. The van der Waals surface area contributed by atoms with E-state index in [1.54, 1.807) is 19.1 Å². The van der Waals surface area contributed by atoms with Gasteiger partial charge in [0.05, 0.1) is 4.92 Å². The standard InChI is InChI=1S/C15H21N3O3/c1-10-2-7-13(8-14(10)18(20)21)17-15(19)12-5-3-11(9-16)4-6-12/h2,7-8,11-12H,3-6,9,16H2,1H3,(H,17,19). The molecular weight excluding hydrogens is 270 g/mol. The second kappa shape index (κ2) is 6.67. The molecule has 1 aliphatic carbocycles. The van der Waals surface area contributed by atoms with Gasteiger partial charge in [0, 0.05) is 23.2 Å². The third-order valence-corrected chi connectivity index (χ3v) is 4.22. The Bertz CT molecular complexity index is 537. The van der Waals surface area contributed by atoms with Crippen LogP contribution >= 0.6 is 0 Å². The minimum Gasteiger partial charge on any atom is -0.330 e. The van der Waals surface area contributed by atoms with Crippen molar-refractivity contribution in [3.05, 3.63) is 33.9 Å². The highest BCUT2D eigenvalue weighted by Crippen LogP contribution is 2.29. The summed E-state index contributed by atoms with van der Waals surface area (Å²) in [4.78, 5) is 22.7. The van der Waals surface area contributed by atoms with E-state index in [0.29, 0.717) is 23.7 Å². The first kappa shape index (κ1) is 15.4. The van der Waals surface area contributed by atoms with Gasteiger partial charge < -0.3 is 11.1 Å². The molecule has 0 heterocycles. The molecule has 6 heteroatoms. The summed E-state index contributed by atoms with van der Waals surface area (Å²) in [6.07, 6.45) is 3.62. The first-order valence-electron chi connectivity index (χ1n) is 7.27. The Kier molecular flexibility index (Phi) is 4.90. The quantitative estimate of drug-likeness (QED) is 0.658. The Morgan fingerprint density at radius 3 is 2.62 bits per heavy atom. The van der Waals surface area contributed by atoms with E-state index in [0.717, 1.165) is 25.7 Å². The van der Waals surface area contributed by atoms with Gasteiger partial charge in [-0.25, -0.2) is 0 Å². The molecule has 1 aromatic carbocycles. The highest BCUT2D eigenvalue weighted by Gasteiger charge is 2.26. The van der Waals surface area contributed by atoms with E-state index in [4.69, 9.17) is 5.73 Å². The second-order valence-electron chi connectivity index (χ2n) is 5.70. The molecule has 0 aromatic heterocycles. The number of nitro groups is 1. The SMILES string of the molecule is Cc1ccc(NC(=O)C2CCC(CN)CC2)cc1[N+](=O)[O-]. The third-order valence-electron chi connectivity index (χ3n) is 4.22. The fourth-order valence-corrected chi connectivity index (χ4v) is 2.79. The van der Waals surface area contributed by atoms with Crippen LogP contribution in [-0.2, 0) is 4.79 Å². The third kappa shape index (κ3) is 3.78. The number of hydrogen-bond donors (Lipinski definition) is 2. The van der Waals surface area contributed by atoms with Crippen molar-refractivity contribution in [2.45, 2.75) is 32.6 Å². The van der Waals surface area contributed by atoms with Crippen molar-refractivity contribution < 1.29 is 9.72 Å². The number of hydrogen-bond acceptors (Lipinski definition) is 4. The average Bonchev–Trinajstić information content (AvgIpc) is 2.49. The van der Waals surface area contributed by atoms with Crippen LogP contribution in [0.1, 0.15) is 31.2 Å². The fraction of sp³-hybridized carbons (Fsp3) is 0.533. The molecule has 0 spiro atoms. The molecule has 1 aromatic rings. The lowest BCUT2D eigenvalue weighted by atomic mass is 9.81. The number of nitrogens with zero attached hydrogens (tertiary/aromatic N) is 1. The summed E-state index contributed by atoms with van der Waals surface area (Å²) >= 11 is 0. The summed E-state index contributed by atoms with van der Waals surface area (Å²) < 4.78 is 0.